The van der Waals surface area contributed by atoms with Crippen LogP contribution in [0.4, 0.5) is 11.8 Å². The van der Waals surface area contributed by atoms with Crippen molar-refractivity contribution in [1.82, 2.24) is 14.9 Å². The van der Waals surface area contributed by atoms with Crippen molar-refractivity contribution in [2.75, 3.05) is 37.3 Å². The first kappa shape index (κ1) is 12.1. The molecule has 2 rings (SSSR count). The minimum atomic E-state index is 0.356. The SMILES string of the molecule is CCC1CN(C)CCCN1c1ccnc(N)n1. The number of rotatable bonds is 2. The Bertz CT molecular complexity index is 368. The summed E-state index contributed by atoms with van der Waals surface area (Å²) in [6, 6.07) is 2.46. The molecule has 0 aliphatic carbocycles. The maximum Gasteiger partial charge on any atom is 0.221 e. The zero-order valence-electron chi connectivity index (χ0n) is 10.6. The standard InChI is InChI=1S/C12H21N5/c1-3-10-9-16(2)7-4-8-17(10)11-5-6-14-12(13)15-11/h5-6,10H,3-4,7-9H2,1-2H3,(H2,13,14,15). The number of aromatic nitrogens is 2. The van der Waals surface area contributed by atoms with Gasteiger partial charge in [-0.3, -0.25) is 0 Å². The van der Waals surface area contributed by atoms with Gasteiger partial charge in [0.15, 0.2) is 0 Å². The van der Waals surface area contributed by atoms with Crippen LogP contribution >= 0.6 is 0 Å². The predicted molar refractivity (Wildman–Crippen MR) is 70.0 cm³/mol. The number of nitrogen functional groups attached to an aromatic ring is 1. The van der Waals surface area contributed by atoms with Gasteiger partial charge in [0, 0.05) is 25.3 Å². The molecule has 0 amide bonds. The fourth-order valence-electron chi connectivity index (χ4n) is 2.42. The molecule has 1 fully saturated rings. The smallest absolute Gasteiger partial charge is 0.221 e. The van der Waals surface area contributed by atoms with Crippen molar-refractivity contribution in [3.05, 3.63) is 12.3 Å². The molecule has 1 aliphatic rings. The second-order valence-electron chi connectivity index (χ2n) is 4.64. The fraction of sp³-hybridized carbons (Fsp3) is 0.667. The fourth-order valence-corrected chi connectivity index (χ4v) is 2.42. The average Bonchev–Trinajstić information content (AvgIpc) is 2.50. The normalized spacial score (nSPS) is 22.5. The molecule has 5 nitrogen and oxygen atoms in total. The molecule has 17 heavy (non-hydrogen) atoms. The predicted octanol–water partition coefficient (Wildman–Crippen LogP) is 0.979. The lowest BCUT2D eigenvalue weighted by molar-refractivity contribution is 0.327. The minimum Gasteiger partial charge on any atom is -0.368 e. The molecular weight excluding hydrogens is 214 g/mol. The number of likely N-dealkylation sites (N-methyl/N-ethyl adjacent to an activating group) is 1. The van der Waals surface area contributed by atoms with Crippen LogP contribution in [-0.2, 0) is 0 Å². The number of hydrogen-bond donors (Lipinski definition) is 1. The van der Waals surface area contributed by atoms with Crippen LogP contribution in [0, 0.1) is 0 Å². The van der Waals surface area contributed by atoms with E-state index < -0.39 is 0 Å². The van der Waals surface area contributed by atoms with Gasteiger partial charge in [-0.05, 0) is 32.5 Å². The van der Waals surface area contributed by atoms with Gasteiger partial charge in [0.2, 0.25) is 5.95 Å². The van der Waals surface area contributed by atoms with Crippen LogP contribution in [0.3, 0.4) is 0 Å². The number of anilines is 2. The van der Waals surface area contributed by atoms with E-state index in [0.717, 1.165) is 38.3 Å². The highest BCUT2D eigenvalue weighted by Gasteiger charge is 2.23. The third kappa shape index (κ3) is 2.85. The first-order chi connectivity index (χ1) is 8.20. The maximum absolute atomic E-state index is 5.66. The van der Waals surface area contributed by atoms with Gasteiger partial charge < -0.3 is 15.5 Å². The molecule has 0 saturated carbocycles. The van der Waals surface area contributed by atoms with E-state index in [0.29, 0.717) is 12.0 Å². The van der Waals surface area contributed by atoms with E-state index in [1.54, 1.807) is 6.20 Å². The Morgan fingerprint density at radius 2 is 2.29 bits per heavy atom. The van der Waals surface area contributed by atoms with Crippen molar-refractivity contribution >= 4 is 11.8 Å². The lowest BCUT2D eigenvalue weighted by atomic mass is 10.2. The summed E-state index contributed by atoms with van der Waals surface area (Å²) in [6.07, 6.45) is 4.02. The zero-order valence-corrected chi connectivity index (χ0v) is 10.6. The largest absolute Gasteiger partial charge is 0.368 e. The molecule has 0 aromatic carbocycles. The van der Waals surface area contributed by atoms with Gasteiger partial charge in [-0.15, -0.1) is 0 Å². The van der Waals surface area contributed by atoms with E-state index in [4.69, 9.17) is 5.73 Å². The van der Waals surface area contributed by atoms with Crippen molar-refractivity contribution in [1.29, 1.82) is 0 Å². The Hall–Kier alpha value is -1.36. The topological polar surface area (TPSA) is 58.3 Å². The van der Waals surface area contributed by atoms with Gasteiger partial charge >= 0.3 is 0 Å². The van der Waals surface area contributed by atoms with Gasteiger partial charge in [0.1, 0.15) is 5.82 Å². The number of nitrogens with zero attached hydrogens (tertiary/aromatic N) is 4. The van der Waals surface area contributed by atoms with Crippen LogP contribution in [0.25, 0.3) is 0 Å². The van der Waals surface area contributed by atoms with E-state index in [1.807, 2.05) is 6.07 Å². The second kappa shape index (κ2) is 5.31. The summed E-state index contributed by atoms with van der Waals surface area (Å²) in [7, 11) is 2.18. The first-order valence-electron chi connectivity index (χ1n) is 6.24. The summed E-state index contributed by atoms with van der Waals surface area (Å²) in [6.45, 7) is 5.49. The average molecular weight is 235 g/mol. The Labute approximate surface area is 103 Å². The van der Waals surface area contributed by atoms with Crippen LogP contribution in [0.1, 0.15) is 19.8 Å². The summed E-state index contributed by atoms with van der Waals surface area (Å²) < 4.78 is 0. The van der Waals surface area contributed by atoms with Gasteiger partial charge in [0.25, 0.3) is 0 Å². The molecule has 0 radical (unpaired) electrons. The molecule has 0 spiro atoms. The lowest BCUT2D eigenvalue weighted by Gasteiger charge is -2.31. The molecule has 1 aromatic rings. The molecule has 0 bridgehead atoms. The van der Waals surface area contributed by atoms with Crippen LogP contribution in [0.5, 0.6) is 0 Å². The third-order valence-electron chi connectivity index (χ3n) is 3.33. The molecule has 1 aliphatic heterocycles. The number of nitrogens with two attached hydrogens (primary N) is 1. The quantitative estimate of drug-likeness (QED) is 0.828. The van der Waals surface area contributed by atoms with Gasteiger partial charge in [-0.2, -0.15) is 4.98 Å². The van der Waals surface area contributed by atoms with Gasteiger partial charge in [-0.1, -0.05) is 6.92 Å². The van der Waals surface area contributed by atoms with E-state index in [-0.39, 0.29) is 0 Å². The zero-order chi connectivity index (χ0) is 12.3. The van der Waals surface area contributed by atoms with Crippen molar-refractivity contribution in [2.45, 2.75) is 25.8 Å². The Kier molecular flexibility index (Phi) is 3.78. The molecule has 1 saturated heterocycles. The highest BCUT2D eigenvalue weighted by atomic mass is 15.3. The monoisotopic (exact) mass is 235 g/mol. The van der Waals surface area contributed by atoms with Crippen LogP contribution in [0.15, 0.2) is 12.3 Å². The molecular formula is C12H21N5. The summed E-state index contributed by atoms with van der Waals surface area (Å²) >= 11 is 0. The van der Waals surface area contributed by atoms with Crippen LogP contribution < -0.4 is 10.6 Å². The summed E-state index contributed by atoms with van der Waals surface area (Å²) in [5.74, 6) is 1.31. The van der Waals surface area contributed by atoms with E-state index in [2.05, 4.69) is 33.7 Å². The maximum atomic E-state index is 5.66. The molecule has 1 atom stereocenters. The van der Waals surface area contributed by atoms with E-state index in [1.165, 1.54) is 0 Å². The van der Waals surface area contributed by atoms with E-state index in [9.17, 15) is 0 Å². The van der Waals surface area contributed by atoms with Crippen molar-refractivity contribution in [2.24, 2.45) is 0 Å². The highest BCUT2D eigenvalue weighted by molar-refractivity contribution is 5.42. The van der Waals surface area contributed by atoms with Crippen molar-refractivity contribution in [3.8, 4) is 0 Å². The molecule has 94 valence electrons. The summed E-state index contributed by atoms with van der Waals surface area (Å²) in [5, 5.41) is 0. The third-order valence-corrected chi connectivity index (χ3v) is 3.33. The Balaban J connectivity index is 2.22. The van der Waals surface area contributed by atoms with Gasteiger partial charge in [0.05, 0.1) is 0 Å². The first-order valence-corrected chi connectivity index (χ1v) is 6.24. The van der Waals surface area contributed by atoms with Crippen LogP contribution in [-0.4, -0.2) is 47.6 Å². The molecule has 1 aromatic heterocycles. The van der Waals surface area contributed by atoms with Crippen molar-refractivity contribution < 1.29 is 0 Å². The summed E-state index contributed by atoms with van der Waals surface area (Å²) in [5.41, 5.74) is 5.66. The van der Waals surface area contributed by atoms with Gasteiger partial charge in [-0.25, -0.2) is 4.98 Å². The van der Waals surface area contributed by atoms with Crippen LogP contribution in [0.2, 0.25) is 0 Å². The summed E-state index contributed by atoms with van der Waals surface area (Å²) in [4.78, 5) is 13.0. The highest BCUT2D eigenvalue weighted by Crippen LogP contribution is 2.19. The number of hydrogen-bond acceptors (Lipinski definition) is 5. The molecule has 5 heteroatoms. The second-order valence-corrected chi connectivity index (χ2v) is 4.64. The Morgan fingerprint density at radius 3 is 3.00 bits per heavy atom. The molecule has 2 N–H and O–H groups in total. The van der Waals surface area contributed by atoms with E-state index >= 15 is 0 Å². The lowest BCUT2D eigenvalue weighted by Crippen LogP contribution is -2.40. The minimum absolute atomic E-state index is 0.356. The van der Waals surface area contributed by atoms with Crippen molar-refractivity contribution in [3.63, 3.8) is 0 Å². The Morgan fingerprint density at radius 1 is 1.47 bits per heavy atom. The molecule has 1 unspecified atom stereocenters. The molecule has 2 heterocycles.